The molecule has 0 spiro atoms. The molecule has 0 atom stereocenters. The third kappa shape index (κ3) is 2.81. The van der Waals surface area contributed by atoms with E-state index in [9.17, 15) is 10.2 Å². The highest BCUT2D eigenvalue weighted by atomic mass is 35.5. The van der Waals surface area contributed by atoms with Crippen molar-refractivity contribution in [1.82, 2.24) is 9.97 Å². The summed E-state index contributed by atoms with van der Waals surface area (Å²) in [6.07, 6.45) is 1.19. The van der Waals surface area contributed by atoms with Gasteiger partial charge in [0.05, 0.1) is 11.8 Å². The number of pyridine rings is 1. The van der Waals surface area contributed by atoms with Crippen molar-refractivity contribution in [2.24, 2.45) is 0 Å². The summed E-state index contributed by atoms with van der Waals surface area (Å²) in [5.41, 5.74) is 3.14. The number of aliphatic hydroxyl groups excluding tert-OH is 1. The molecule has 7 heteroatoms. The maximum atomic E-state index is 10.2. The highest BCUT2D eigenvalue weighted by Gasteiger charge is 2.32. The average molecular weight is 360 g/mol. The fourth-order valence-electron chi connectivity index (χ4n) is 3.19. The Morgan fingerprint density at radius 3 is 2.68 bits per heavy atom. The lowest BCUT2D eigenvalue weighted by molar-refractivity contribution is 0.0737. The standard InChI is InChI=1S/C18H18ClN3O3/c1-9-5-10(19)6-14(24)16(9)13-3-4-15-17(20-13)21-18(25-15)22(2)11-7-12(23)8-11/h3-6,11-12,23-24H,7-8H2,1-2H3. The number of aliphatic hydroxyl groups is 1. The Labute approximate surface area is 149 Å². The molecule has 0 bridgehead atoms. The van der Waals surface area contributed by atoms with Crippen LogP contribution in [0.5, 0.6) is 5.75 Å². The quantitative estimate of drug-likeness (QED) is 0.744. The lowest BCUT2D eigenvalue weighted by Crippen LogP contribution is -2.45. The van der Waals surface area contributed by atoms with E-state index in [4.69, 9.17) is 16.0 Å². The Balaban J connectivity index is 1.71. The van der Waals surface area contributed by atoms with Gasteiger partial charge in [-0.2, -0.15) is 4.98 Å². The molecule has 1 saturated carbocycles. The number of aromatic nitrogens is 2. The summed E-state index contributed by atoms with van der Waals surface area (Å²) in [5.74, 6) is 0.0844. The number of halogens is 1. The second kappa shape index (κ2) is 5.89. The van der Waals surface area contributed by atoms with Crippen LogP contribution in [0.2, 0.25) is 5.02 Å². The van der Waals surface area contributed by atoms with Crippen LogP contribution in [0.1, 0.15) is 18.4 Å². The summed E-state index contributed by atoms with van der Waals surface area (Å²) >= 11 is 5.97. The molecule has 2 N–H and O–H groups in total. The average Bonchev–Trinajstić information content (AvgIpc) is 2.93. The first kappa shape index (κ1) is 16.2. The molecular formula is C18H18ClN3O3. The van der Waals surface area contributed by atoms with Crippen LogP contribution in [-0.2, 0) is 0 Å². The molecule has 4 rings (SSSR count). The number of phenolic OH excluding ortho intramolecular Hbond substituents is 1. The van der Waals surface area contributed by atoms with E-state index in [-0.39, 0.29) is 17.9 Å². The summed E-state index contributed by atoms with van der Waals surface area (Å²) < 4.78 is 5.78. The molecule has 0 radical (unpaired) electrons. The molecule has 1 aliphatic carbocycles. The van der Waals surface area contributed by atoms with E-state index >= 15 is 0 Å². The minimum Gasteiger partial charge on any atom is -0.507 e. The molecule has 0 amide bonds. The van der Waals surface area contributed by atoms with Crippen molar-refractivity contribution in [3.63, 3.8) is 0 Å². The van der Waals surface area contributed by atoms with E-state index in [2.05, 4.69) is 9.97 Å². The van der Waals surface area contributed by atoms with E-state index in [0.29, 0.717) is 46.4 Å². The zero-order valence-electron chi connectivity index (χ0n) is 13.9. The van der Waals surface area contributed by atoms with Gasteiger partial charge in [-0.15, -0.1) is 0 Å². The number of rotatable bonds is 3. The molecule has 1 aliphatic rings. The van der Waals surface area contributed by atoms with Gasteiger partial charge in [0.2, 0.25) is 5.65 Å². The monoisotopic (exact) mass is 359 g/mol. The Bertz CT molecular complexity index is 927. The van der Waals surface area contributed by atoms with Gasteiger partial charge in [-0.05, 0) is 49.6 Å². The highest BCUT2D eigenvalue weighted by molar-refractivity contribution is 6.31. The Morgan fingerprint density at radius 2 is 2.00 bits per heavy atom. The number of anilines is 1. The summed E-state index contributed by atoms with van der Waals surface area (Å²) in [7, 11) is 1.90. The molecule has 3 aromatic rings. The maximum absolute atomic E-state index is 10.2. The fraction of sp³-hybridized carbons (Fsp3) is 0.333. The lowest BCUT2D eigenvalue weighted by atomic mass is 9.89. The van der Waals surface area contributed by atoms with E-state index in [1.165, 1.54) is 6.07 Å². The SMILES string of the molecule is Cc1cc(Cl)cc(O)c1-c1ccc2oc(N(C)C3CC(O)C3)nc2n1. The molecule has 1 fully saturated rings. The molecule has 2 aromatic heterocycles. The molecule has 0 saturated heterocycles. The number of aryl methyl sites for hydroxylation is 1. The van der Waals surface area contributed by atoms with Gasteiger partial charge < -0.3 is 19.5 Å². The number of fused-ring (bicyclic) bond motifs is 1. The van der Waals surface area contributed by atoms with Crippen molar-refractivity contribution in [2.45, 2.75) is 31.9 Å². The summed E-state index contributed by atoms with van der Waals surface area (Å²) in [6.45, 7) is 1.87. The first-order valence-electron chi connectivity index (χ1n) is 8.10. The highest BCUT2D eigenvalue weighted by Crippen LogP contribution is 2.35. The van der Waals surface area contributed by atoms with Gasteiger partial charge in [-0.25, -0.2) is 4.98 Å². The Hall–Kier alpha value is -2.31. The van der Waals surface area contributed by atoms with Crippen LogP contribution in [0, 0.1) is 6.92 Å². The van der Waals surface area contributed by atoms with Gasteiger partial charge in [-0.3, -0.25) is 0 Å². The van der Waals surface area contributed by atoms with E-state index < -0.39 is 0 Å². The van der Waals surface area contributed by atoms with E-state index in [1.807, 2.05) is 18.9 Å². The topological polar surface area (TPSA) is 82.6 Å². The smallest absolute Gasteiger partial charge is 0.299 e. The summed E-state index contributed by atoms with van der Waals surface area (Å²) in [6, 6.07) is 7.58. The van der Waals surface area contributed by atoms with Gasteiger partial charge in [0, 0.05) is 23.7 Å². The number of oxazole rings is 1. The molecule has 0 aliphatic heterocycles. The van der Waals surface area contributed by atoms with Crippen molar-refractivity contribution in [3.8, 4) is 17.0 Å². The zero-order chi connectivity index (χ0) is 17.7. The predicted molar refractivity (Wildman–Crippen MR) is 96.1 cm³/mol. The van der Waals surface area contributed by atoms with Crippen molar-refractivity contribution in [2.75, 3.05) is 11.9 Å². The van der Waals surface area contributed by atoms with Crippen molar-refractivity contribution >= 4 is 28.8 Å². The van der Waals surface area contributed by atoms with Gasteiger partial charge in [0.1, 0.15) is 5.75 Å². The Morgan fingerprint density at radius 1 is 1.24 bits per heavy atom. The number of hydrogen-bond donors (Lipinski definition) is 2. The molecule has 2 heterocycles. The largest absolute Gasteiger partial charge is 0.507 e. The molecular weight excluding hydrogens is 342 g/mol. The van der Waals surface area contributed by atoms with Crippen LogP contribution in [-0.4, -0.2) is 39.4 Å². The number of nitrogens with zero attached hydrogens (tertiary/aromatic N) is 3. The molecule has 130 valence electrons. The number of aromatic hydroxyl groups is 1. The fourth-order valence-corrected chi connectivity index (χ4v) is 3.45. The number of phenols is 1. The van der Waals surface area contributed by atoms with Gasteiger partial charge in [-0.1, -0.05) is 11.6 Å². The summed E-state index contributed by atoms with van der Waals surface area (Å²) in [5, 5.41) is 20.2. The first-order chi connectivity index (χ1) is 11.9. The predicted octanol–water partition coefficient (Wildman–Crippen LogP) is 3.52. The molecule has 0 unspecified atom stereocenters. The zero-order valence-corrected chi connectivity index (χ0v) is 14.7. The first-order valence-corrected chi connectivity index (χ1v) is 8.48. The van der Waals surface area contributed by atoms with Crippen LogP contribution in [0.25, 0.3) is 22.5 Å². The van der Waals surface area contributed by atoms with Crippen LogP contribution in [0.15, 0.2) is 28.7 Å². The van der Waals surface area contributed by atoms with Crippen molar-refractivity contribution in [1.29, 1.82) is 0 Å². The third-order valence-corrected chi connectivity index (χ3v) is 4.93. The minimum absolute atomic E-state index is 0.0844. The molecule has 1 aromatic carbocycles. The maximum Gasteiger partial charge on any atom is 0.299 e. The summed E-state index contributed by atoms with van der Waals surface area (Å²) in [4.78, 5) is 10.9. The second-order valence-corrected chi connectivity index (χ2v) is 6.96. The normalized spacial score (nSPS) is 19.8. The number of hydrogen-bond acceptors (Lipinski definition) is 6. The van der Waals surface area contributed by atoms with E-state index in [0.717, 1.165) is 5.56 Å². The van der Waals surface area contributed by atoms with Gasteiger partial charge >= 0.3 is 0 Å². The van der Waals surface area contributed by atoms with Crippen LogP contribution in [0.3, 0.4) is 0 Å². The minimum atomic E-state index is -0.239. The second-order valence-electron chi connectivity index (χ2n) is 6.52. The van der Waals surface area contributed by atoms with Crippen molar-refractivity contribution in [3.05, 3.63) is 34.9 Å². The number of benzene rings is 1. The molecule has 6 nitrogen and oxygen atoms in total. The van der Waals surface area contributed by atoms with Gasteiger partial charge in [0.15, 0.2) is 5.58 Å². The van der Waals surface area contributed by atoms with Crippen LogP contribution >= 0.6 is 11.6 Å². The molecule has 25 heavy (non-hydrogen) atoms. The van der Waals surface area contributed by atoms with Gasteiger partial charge in [0.25, 0.3) is 6.01 Å². The van der Waals surface area contributed by atoms with Crippen molar-refractivity contribution < 1.29 is 14.6 Å². The van der Waals surface area contributed by atoms with Crippen LogP contribution < -0.4 is 4.90 Å². The third-order valence-electron chi connectivity index (χ3n) is 4.72. The lowest BCUT2D eigenvalue weighted by Gasteiger charge is -2.37. The van der Waals surface area contributed by atoms with E-state index in [1.54, 1.807) is 18.2 Å². The van der Waals surface area contributed by atoms with Crippen LogP contribution in [0.4, 0.5) is 6.01 Å². The Kier molecular flexibility index (Phi) is 3.81.